The molecule has 0 heterocycles. The van der Waals surface area contributed by atoms with Gasteiger partial charge in [-0.05, 0) is 12.0 Å². The highest BCUT2D eigenvalue weighted by Crippen LogP contribution is 2.05. The van der Waals surface area contributed by atoms with E-state index < -0.39 is 6.10 Å². The monoisotopic (exact) mass is 219 g/mol. The Morgan fingerprint density at radius 2 is 2.00 bits per heavy atom. The highest BCUT2D eigenvalue weighted by molar-refractivity contribution is 5.57. The average molecular weight is 219 g/mol. The van der Waals surface area contributed by atoms with Gasteiger partial charge in [-0.15, -0.1) is 0 Å². The van der Waals surface area contributed by atoms with Crippen LogP contribution in [0.5, 0.6) is 0 Å². The summed E-state index contributed by atoms with van der Waals surface area (Å²) in [6.07, 6.45) is 5.49. The molecule has 0 N–H and O–H groups in total. The summed E-state index contributed by atoms with van der Waals surface area (Å²) in [5.74, 6) is 0. The molecule has 0 aromatic heterocycles. The van der Waals surface area contributed by atoms with Crippen LogP contribution in [0.1, 0.15) is 31.7 Å². The Hall–Kier alpha value is -1.15. The van der Waals surface area contributed by atoms with E-state index in [1.54, 1.807) is 0 Å². The van der Waals surface area contributed by atoms with Crippen LogP contribution in [0, 0.1) is 0 Å². The third-order valence-electron chi connectivity index (χ3n) is 2.46. The summed E-state index contributed by atoms with van der Waals surface area (Å²) in [6.45, 7) is 2.80. The van der Waals surface area contributed by atoms with E-state index in [1.807, 2.05) is 36.6 Å². The van der Waals surface area contributed by atoms with Crippen molar-refractivity contribution in [2.75, 3.05) is 6.61 Å². The second-order valence-electron chi connectivity index (χ2n) is 3.87. The van der Waals surface area contributed by atoms with E-state index in [0.29, 0.717) is 13.0 Å². The van der Waals surface area contributed by atoms with Gasteiger partial charge in [0.05, 0.1) is 0 Å². The van der Waals surface area contributed by atoms with Crippen molar-refractivity contribution in [3.63, 3.8) is 0 Å². The van der Waals surface area contributed by atoms with Crippen LogP contribution in [0.2, 0.25) is 0 Å². The summed E-state index contributed by atoms with van der Waals surface area (Å²) in [7, 11) is 0. The van der Waals surface area contributed by atoms with Crippen molar-refractivity contribution in [1.29, 1.82) is 0 Å². The van der Waals surface area contributed by atoms with E-state index in [1.165, 1.54) is 0 Å². The number of carbonyl (C=O) groups excluding carboxylic acids is 1. The van der Waals surface area contributed by atoms with Crippen LogP contribution >= 0.6 is 0 Å². The number of unbranched alkanes of at least 4 members (excludes halogenated alkanes) is 2. The largest absolute Gasteiger partial charge is 0.370 e. The first-order valence-electron chi connectivity index (χ1n) is 5.90. The SMILES string of the molecule is CCCCCOC([C]=O)Cc1ccccc1. The zero-order chi connectivity index (χ0) is 11.6. The van der Waals surface area contributed by atoms with Crippen LogP contribution in [0.4, 0.5) is 0 Å². The van der Waals surface area contributed by atoms with Gasteiger partial charge in [0.25, 0.3) is 0 Å². The minimum absolute atomic E-state index is 0.417. The van der Waals surface area contributed by atoms with Crippen molar-refractivity contribution >= 4 is 6.29 Å². The number of hydrogen-bond acceptors (Lipinski definition) is 2. The molecule has 1 rings (SSSR count). The lowest BCUT2D eigenvalue weighted by molar-refractivity contribution is 0.0925. The smallest absolute Gasteiger partial charge is 0.230 e. The van der Waals surface area contributed by atoms with Crippen molar-refractivity contribution < 1.29 is 9.53 Å². The molecule has 0 fully saturated rings. The van der Waals surface area contributed by atoms with Gasteiger partial charge >= 0.3 is 0 Å². The van der Waals surface area contributed by atoms with Crippen molar-refractivity contribution in [2.45, 2.75) is 38.7 Å². The average Bonchev–Trinajstić information content (AvgIpc) is 2.34. The molecule has 0 aliphatic carbocycles. The second-order valence-corrected chi connectivity index (χ2v) is 3.87. The number of ether oxygens (including phenoxy) is 1. The molecule has 1 radical (unpaired) electrons. The first-order chi connectivity index (χ1) is 7.86. The summed E-state index contributed by atoms with van der Waals surface area (Å²) in [4.78, 5) is 10.7. The Morgan fingerprint density at radius 3 is 2.62 bits per heavy atom. The van der Waals surface area contributed by atoms with Gasteiger partial charge < -0.3 is 4.74 Å². The fourth-order valence-electron chi connectivity index (χ4n) is 1.54. The summed E-state index contributed by atoms with van der Waals surface area (Å²) < 4.78 is 5.47. The maximum Gasteiger partial charge on any atom is 0.230 e. The van der Waals surface area contributed by atoms with E-state index in [4.69, 9.17) is 4.74 Å². The first-order valence-corrected chi connectivity index (χ1v) is 5.90. The Bertz CT molecular complexity index is 282. The second kappa shape index (κ2) is 8.05. The third kappa shape index (κ3) is 5.08. The zero-order valence-electron chi connectivity index (χ0n) is 9.82. The normalized spacial score (nSPS) is 12.3. The van der Waals surface area contributed by atoms with E-state index >= 15 is 0 Å². The molecule has 0 aliphatic rings. The molecule has 0 saturated heterocycles. The summed E-state index contributed by atoms with van der Waals surface area (Å²) in [5.41, 5.74) is 1.12. The van der Waals surface area contributed by atoms with Crippen LogP contribution in [-0.4, -0.2) is 19.0 Å². The Labute approximate surface area is 97.6 Å². The molecule has 0 saturated carbocycles. The topological polar surface area (TPSA) is 26.3 Å². The van der Waals surface area contributed by atoms with E-state index in [-0.39, 0.29) is 0 Å². The van der Waals surface area contributed by atoms with Crippen LogP contribution < -0.4 is 0 Å². The molecule has 1 aromatic carbocycles. The van der Waals surface area contributed by atoms with E-state index in [2.05, 4.69) is 6.92 Å². The van der Waals surface area contributed by atoms with Crippen molar-refractivity contribution in [3.8, 4) is 0 Å². The molecule has 0 bridgehead atoms. The predicted molar refractivity (Wildman–Crippen MR) is 65.1 cm³/mol. The van der Waals surface area contributed by atoms with Crippen molar-refractivity contribution in [1.82, 2.24) is 0 Å². The maximum atomic E-state index is 10.7. The molecule has 0 aliphatic heterocycles. The molecule has 2 nitrogen and oxygen atoms in total. The highest BCUT2D eigenvalue weighted by atomic mass is 16.5. The maximum absolute atomic E-state index is 10.7. The minimum Gasteiger partial charge on any atom is -0.370 e. The van der Waals surface area contributed by atoms with Crippen LogP contribution in [-0.2, 0) is 16.0 Å². The molecule has 1 unspecified atom stereocenters. The lowest BCUT2D eigenvalue weighted by Gasteiger charge is -2.10. The lowest BCUT2D eigenvalue weighted by Crippen LogP contribution is -2.18. The van der Waals surface area contributed by atoms with Gasteiger partial charge in [0.2, 0.25) is 6.29 Å². The standard InChI is InChI=1S/C14H19O2/c1-2-3-7-10-16-14(12-15)11-13-8-5-4-6-9-13/h4-6,8-9,14H,2-3,7,10-11H2,1H3. The van der Waals surface area contributed by atoms with Crippen LogP contribution in [0.3, 0.4) is 0 Å². The zero-order valence-corrected chi connectivity index (χ0v) is 9.82. The number of benzene rings is 1. The van der Waals surface area contributed by atoms with Gasteiger partial charge in [0.1, 0.15) is 6.10 Å². The Balaban J connectivity index is 2.29. The summed E-state index contributed by atoms with van der Waals surface area (Å²) in [5, 5.41) is 0. The van der Waals surface area contributed by atoms with Gasteiger partial charge in [0, 0.05) is 13.0 Å². The fourth-order valence-corrected chi connectivity index (χ4v) is 1.54. The number of rotatable bonds is 8. The van der Waals surface area contributed by atoms with Crippen molar-refractivity contribution in [2.24, 2.45) is 0 Å². The summed E-state index contributed by atoms with van der Waals surface area (Å²) in [6, 6.07) is 9.90. The fraction of sp³-hybridized carbons (Fsp3) is 0.500. The molecule has 16 heavy (non-hydrogen) atoms. The molecule has 87 valence electrons. The Morgan fingerprint density at radius 1 is 1.25 bits per heavy atom. The van der Waals surface area contributed by atoms with Crippen LogP contribution in [0.25, 0.3) is 0 Å². The van der Waals surface area contributed by atoms with Gasteiger partial charge in [-0.1, -0.05) is 50.1 Å². The lowest BCUT2D eigenvalue weighted by atomic mass is 10.1. The molecule has 0 spiro atoms. The molecule has 1 atom stereocenters. The van der Waals surface area contributed by atoms with Gasteiger partial charge in [-0.2, -0.15) is 0 Å². The Kier molecular flexibility index (Phi) is 6.50. The van der Waals surface area contributed by atoms with E-state index in [0.717, 1.165) is 24.8 Å². The van der Waals surface area contributed by atoms with Gasteiger partial charge in [0.15, 0.2) is 0 Å². The molecular formula is C14H19O2. The minimum atomic E-state index is -0.417. The van der Waals surface area contributed by atoms with Crippen molar-refractivity contribution in [3.05, 3.63) is 35.9 Å². The molecule has 0 amide bonds. The number of hydrogen-bond donors (Lipinski definition) is 0. The van der Waals surface area contributed by atoms with Gasteiger partial charge in [-0.3, -0.25) is 4.79 Å². The predicted octanol–water partition coefficient (Wildman–Crippen LogP) is 2.91. The molecular weight excluding hydrogens is 200 g/mol. The summed E-state index contributed by atoms with van der Waals surface area (Å²) >= 11 is 0. The quantitative estimate of drug-likeness (QED) is 0.628. The van der Waals surface area contributed by atoms with Gasteiger partial charge in [-0.25, -0.2) is 0 Å². The first kappa shape index (κ1) is 12.9. The highest BCUT2D eigenvalue weighted by Gasteiger charge is 2.09. The third-order valence-corrected chi connectivity index (χ3v) is 2.46. The molecule has 2 heteroatoms. The van der Waals surface area contributed by atoms with E-state index in [9.17, 15) is 4.79 Å². The molecule has 1 aromatic rings. The van der Waals surface area contributed by atoms with Crippen LogP contribution in [0.15, 0.2) is 30.3 Å².